The third kappa shape index (κ3) is 38.0. The Morgan fingerprint density at radius 1 is 0.566 bits per heavy atom. The third-order valence-electron chi connectivity index (χ3n) is 8.46. The van der Waals surface area contributed by atoms with Gasteiger partial charge in [-0.15, -0.1) is 0 Å². The Labute approximate surface area is 322 Å². The number of phosphoric ester groups is 1. The Morgan fingerprint density at radius 3 is 1.53 bits per heavy atom. The molecule has 3 atom stereocenters. The van der Waals surface area contributed by atoms with E-state index >= 15 is 0 Å². The smallest absolute Gasteiger partial charge is 0.462 e. The minimum absolute atomic E-state index is 0.156. The highest BCUT2D eigenvalue weighted by Gasteiger charge is 2.27. The fraction of sp³-hybridized carbons (Fsp3) is 0.762. The topological polar surface area (TPSA) is 149 Å². The molecule has 0 bridgehead atoms. The van der Waals surface area contributed by atoms with Crippen LogP contribution in [0.4, 0.5) is 0 Å². The molecule has 0 amide bonds. The Balaban J connectivity index is 4.40. The van der Waals surface area contributed by atoms with Crippen LogP contribution in [-0.4, -0.2) is 65.7 Å². The lowest BCUT2D eigenvalue weighted by Gasteiger charge is -2.20. The van der Waals surface area contributed by atoms with Crippen LogP contribution in [0.25, 0.3) is 0 Å². The van der Waals surface area contributed by atoms with E-state index in [9.17, 15) is 24.2 Å². The number of allylic oxidation sites excluding steroid dienone is 8. The van der Waals surface area contributed by atoms with Crippen LogP contribution in [-0.2, 0) is 32.7 Å². The number of unbranched alkanes of at least 4 members (excludes halogenated alkanes) is 16. The molecule has 0 saturated carbocycles. The lowest BCUT2D eigenvalue weighted by molar-refractivity contribution is -0.161. The number of rotatable bonds is 38. The Kier molecular flexibility index (Phi) is 36.7. The molecule has 0 aliphatic carbocycles. The normalized spacial score (nSPS) is 14.4. The number of carbonyl (C=O) groups is 2. The Bertz CT molecular complexity index is 1030. The van der Waals surface area contributed by atoms with Crippen molar-refractivity contribution < 1.29 is 47.8 Å². The van der Waals surface area contributed by atoms with Crippen molar-refractivity contribution in [1.82, 2.24) is 0 Å². The molecule has 3 N–H and O–H groups in total. The van der Waals surface area contributed by atoms with E-state index in [0.717, 1.165) is 77.0 Å². The minimum Gasteiger partial charge on any atom is -0.462 e. The molecule has 0 aromatic carbocycles. The van der Waals surface area contributed by atoms with Crippen LogP contribution >= 0.6 is 7.82 Å². The summed E-state index contributed by atoms with van der Waals surface area (Å²) in [6, 6.07) is 0. The summed E-state index contributed by atoms with van der Waals surface area (Å²) >= 11 is 0. The van der Waals surface area contributed by atoms with E-state index in [-0.39, 0.29) is 19.4 Å². The zero-order chi connectivity index (χ0) is 39.1. The molecule has 0 heterocycles. The summed E-state index contributed by atoms with van der Waals surface area (Å²) in [5.41, 5.74) is 0. The summed E-state index contributed by atoms with van der Waals surface area (Å²) in [6.45, 7) is 2.29. The van der Waals surface area contributed by atoms with Crippen LogP contribution in [0.3, 0.4) is 0 Å². The van der Waals surface area contributed by atoms with Gasteiger partial charge >= 0.3 is 19.8 Å². The van der Waals surface area contributed by atoms with Gasteiger partial charge in [-0.3, -0.25) is 18.6 Å². The highest BCUT2D eigenvalue weighted by Crippen LogP contribution is 2.43. The molecule has 0 rings (SSSR count). The van der Waals surface area contributed by atoms with Gasteiger partial charge in [0.2, 0.25) is 0 Å². The van der Waals surface area contributed by atoms with E-state index in [2.05, 4.69) is 67.0 Å². The van der Waals surface area contributed by atoms with Crippen molar-refractivity contribution in [3.05, 3.63) is 48.6 Å². The number of ether oxygens (including phenoxy) is 2. The lowest BCUT2D eigenvalue weighted by Crippen LogP contribution is -2.29. The highest BCUT2D eigenvalue weighted by molar-refractivity contribution is 7.47. The molecule has 0 spiro atoms. The second kappa shape index (κ2) is 38.2. The van der Waals surface area contributed by atoms with Crippen molar-refractivity contribution in [2.24, 2.45) is 0 Å². The first-order valence-corrected chi connectivity index (χ1v) is 22.1. The SMILES string of the molecule is CCCCCC=CCC=CCC=CCCCCCCC(=O)O[C@H](COC(=O)CCCCCCCC=CCCCCCC)COP(=O)(O)OC[C@@H](O)CO. The van der Waals surface area contributed by atoms with Crippen LogP contribution in [0, 0.1) is 0 Å². The monoisotopic (exact) mass is 771 g/mol. The molecule has 0 aliphatic heterocycles. The zero-order valence-electron chi connectivity index (χ0n) is 33.2. The molecule has 308 valence electrons. The van der Waals surface area contributed by atoms with Gasteiger partial charge in [0.25, 0.3) is 0 Å². The van der Waals surface area contributed by atoms with Gasteiger partial charge in [-0.2, -0.15) is 0 Å². The van der Waals surface area contributed by atoms with Crippen LogP contribution in [0.1, 0.15) is 168 Å². The summed E-state index contributed by atoms with van der Waals surface area (Å²) in [6.07, 6.45) is 39.3. The highest BCUT2D eigenvalue weighted by atomic mass is 31.2. The van der Waals surface area contributed by atoms with Crippen molar-refractivity contribution in [2.45, 2.75) is 180 Å². The summed E-state index contributed by atoms with van der Waals surface area (Å²) in [5.74, 6) is -0.963. The van der Waals surface area contributed by atoms with Crippen molar-refractivity contribution in [1.29, 1.82) is 0 Å². The van der Waals surface area contributed by atoms with E-state index in [0.29, 0.717) is 12.8 Å². The molecule has 53 heavy (non-hydrogen) atoms. The predicted octanol–water partition coefficient (Wildman–Crippen LogP) is 10.6. The second-order valence-corrected chi connectivity index (χ2v) is 15.1. The van der Waals surface area contributed by atoms with Crippen molar-refractivity contribution in [3.8, 4) is 0 Å². The standard InChI is InChI=1S/C42H75O10P/c1-3-5-7-9-11-13-15-17-18-19-20-22-24-26-28-30-32-34-42(46)52-40(38-51-53(47,48)50-36-39(44)35-43)37-49-41(45)33-31-29-27-25-23-21-16-14-12-10-8-6-4-2/h11,13-14,16-18,20,22,39-40,43-44H,3-10,12,15,19,21,23-38H2,1-2H3,(H,47,48)/t39-,40+/m0/s1. The number of hydrogen-bond donors (Lipinski definition) is 3. The van der Waals surface area contributed by atoms with Crippen LogP contribution in [0.2, 0.25) is 0 Å². The molecule has 11 heteroatoms. The minimum atomic E-state index is -4.62. The fourth-order valence-corrected chi connectivity index (χ4v) is 6.02. The quantitative estimate of drug-likeness (QED) is 0.0240. The van der Waals surface area contributed by atoms with Gasteiger partial charge in [0.1, 0.15) is 12.7 Å². The van der Waals surface area contributed by atoms with Gasteiger partial charge < -0.3 is 24.6 Å². The summed E-state index contributed by atoms with van der Waals surface area (Å²) in [5, 5.41) is 18.3. The van der Waals surface area contributed by atoms with Gasteiger partial charge in [0.05, 0.1) is 19.8 Å². The van der Waals surface area contributed by atoms with Gasteiger partial charge in [-0.05, 0) is 77.0 Å². The molecule has 0 aliphatic rings. The molecule has 10 nitrogen and oxygen atoms in total. The molecule has 0 aromatic heterocycles. The van der Waals surface area contributed by atoms with Gasteiger partial charge in [0, 0.05) is 12.8 Å². The maximum absolute atomic E-state index is 12.6. The molecular weight excluding hydrogens is 695 g/mol. The molecular formula is C42H75O10P. The van der Waals surface area contributed by atoms with Crippen LogP contribution in [0.5, 0.6) is 0 Å². The molecule has 0 radical (unpaired) electrons. The summed E-state index contributed by atoms with van der Waals surface area (Å²) < 4.78 is 32.6. The maximum Gasteiger partial charge on any atom is 0.472 e. The lowest BCUT2D eigenvalue weighted by atomic mass is 10.1. The molecule has 1 unspecified atom stereocenters. The predicted molar refractivity (Wildman–Crippen MR) is 214 cm³/mol. The summed E-state index contributed by atoms with van der Waals surface area (Å²) in [4.78, 5) is 34.9. The second-order valence-electron chi connectivity index (χ2n) is 13.7. The molecule has 0 saturated heterocycles. The Hall–Kier alpha value is -2.07. The van der Waals surface area contributed by atoms with Gasteiger partial charge in [-0.25, -0.2) is 4.57 Å². The summed E-state index contributed by atoms with van der Waals surface area (Å²) in [7, 11) is -4.62. The first-order chi connectivity index (χ1) is 25.7. The average Bonchev–Trinajstić information content (AvgIpc) is 3.14. The van der Waals surface area contributed by atoms with Crippen molar-refractivity contribution in [2.75, 3.05) is 26.4 Å². The first kappa shape index (κ1) is 50.9. The van der Waals surface area contributed by atoms with E-state index in [4.69, 9.17) is 19.1 Å². The van der Waals surface area contributed by atoms with Crippen LogP contribution in [0.15, 0.2) is 48.6 Å². The van der Waals surface area contributed by atoms with Gasteiger partial charge in [0.15, 0.2) is 6.10 Å². The van der Waals surface area contributed by atoms with E-state index in [1.165, 1.54) is 51.4 Å². The largest absolute Gasteiger partial charge is 0.472 e. The third-order valence-corrected chi connectivity index (χ3v) is 9.41. The van der Waals surface area contributed by atoms with Crippen LogP contribution < -0.4 is 0 Å². The first-order valence-electron chi connectivity index (χ1n) is 20.6. The number of phosphoric acid groups is 1. The van der Waals surface area contributed by atoms with E-state index in [1.807, 2.05) is 0 Å². The molecule has 0 fully saturated rings. The number of esters is 2. The zero-order valence-corrected chi connectivity index (χ0v) is 34.1. The Morgan fingerprint density at radius 2 is 0.981 bits per heavy atom. The van der Waals surface area contributed by atoms with Crippen molar-refractivity contribution in [3.63, 3.8) is 0 Å². The number of aliphatic hydroxyl groups excluding tert-OH is 2. The molecule has 0 aromatic rings. The maximum atomic E-state index is 12.6. The average molecular weight is 771 g/mol. The number of carbonyl (C=O) groups excluding carboxylic acids is 2. The van der Waals surface area contributed by atoms with Crippen molar-refractivity contribution >= 4 is 19.8 Å². The van der Waals surface area contributed by atoms with E-state index in [1.54, 1.807) is 0 Å². The number of aliphatic hydroxyl groups is 2. The fourth-order valence-electron chi connectivity index (χ4n) is 5.23. The van der Waals surface area contributed by atoms with E-state index < -0.39 is 51.8 Å². The van der Waals surface area contributed by atoms with Gasteiger partial charge in [-0.1, -0.05) is 127 Å². The number of hydrogen-bond acceptors (Lipinski definition) is 9.